The van der Waals surface area contributed by atoms with E-state index >= 15 is 0 Å². The van der Waals surface area contributed by atoms with E-state index < -0.39 is 176 Å². The van der Waals surface area contributed by atoms with Gasteiger partial charge < -0.3 is 106 Å². The number of nitrogens with one attached hydrogen (secondary N) is 9. The third kappa shape index (κ3) is 24.6. The number of H-pyrrole nitrogens is 1. The monoisotopic (exact) mass is 1310 g/mol. The summed E-state index contributed by atoms with van der Waals surface area (Å²) in [5, 5.41) is 69.8. The molecule has 2 saturated heterocycles. The van der Waals surface area contributed by atoms with Crippen molar-refractivity contribution in [1.29, 1.82) is 0 Å². The molecule has 0 unspecified atom stereocenters. The fraction of sp³-hybridized carbons (Fsp3) is 0.603. The number of rotatable bonds is 38. The van der Waals surface area contributed by atoms with Crippen LogP contribution in [0, 0.1) is 11.8 Å². The van der Waals surface area contributed by atoms with E-state index in [9.17, 15) is 87.9 Å². The number of nitrogens with two attached hydrogens (primary N) is 4. The molecule has 0 bridgehead atoms. The van der Waals surface area contributed by atoms with Gasteiger partial charge in [-0.15, -0.1) is 0 Å². The number of carbonyl (C=O) groups excluding carboxylic acids is 11. The quantitative estimate of drug-likeness (QED) is 0.0169. The first-order valence-electron chi connectivity index (χ1n) is 30.5. The molecule has 0 aliphatic carbocycles. The number of aliphatic hydroxyl groups is 2. The predicted octanol–water partition coefficient (Wildman–Crippen LogP) is -5.96. The lowest BCUT2D eigenvalue weighted by Crippen LogP contribution is -2.61. The minimum atomic E-state index is -1.80. The van der Waals surface area contributed by atoms with Crippen LogP contribution in [-0.4, -0.2) is 227 Å². The zero-order valence-corrected chi connectivity index (χ0v) is 52.3. The number of hydrogen-bond donors (Lipinski definition) is 18. The number of aromatic nitrogens is 2. The Morgan fingerprint density at radius 3 is 1.60 bits per heavy atom. The maximum atomic E-state index is 14.6. The van der Waals surface area contributed by atoms with Gasteiger partial charge in [-0.25, -0.2) is 9.78 Å². The molecule has 1 aromatic carbocycles. The molecule has 2 fully saturated rings. The van der Waals surface area contributed by atoms with Gasteiger partial charge in [-0.1, -0.05) is 39.8 Å². The van der Waals surface area contributed by atoms with E-state index in [1.807, 2.05) is 13.8 Å². The van der Waals surface area contributed by atoms with Crippen molar-refractivity contribution in [3.05, 3.63) is 48.0 Å². The van der Waals surface area contributed by atoms with Gasteiger partial charge in [-0.05, 0) is 87.3 Å². The lowest BCUT2D eigenvalue weighted by atomic mass is 10.0. The molecule has 1 aromatic heterocycles. The summed E-state index contributed by atoms with van der Waals surface area (Å²) in [6.07, 6.45) is 0.674. The number of primary amides is 1. The van der Waals surface area contributed by atoms with Gasteiger partial charge in [0.25, 0.3) is 0 Å². The Morgan fingerprint density at radius 1 is 0.602 bits per heavy atom. The van der Waals surface area contributed by atoms with Crippen LogP contribution in [-0.2, 0) is 75.2 Å². The van der Waals surface area contributed by atoms with Gasteiger partial charge in [0.1, 0.15) is 66.2 Å². The molecule has 11 atom stereocenters. The summed E-state index contributed by atoms with van der Waals surface area (Å²) in [5.41, 5.74) is 23.3. The van der Waals surface area contributed by atoms with E-state index in [0.717, 1.165) is 9.80 Å². The number of carbonyl (C=O) groups is 13. The minimum absolute atomic E-state index is 0.00368. The molecule has 2 aliphatic heterocycles. The molecule has 0 saturated carbocycles. The highest BCUT2D eigenvalue weighted by Gasteiger charge is 2.43. The summed E-state index contributed by atoms with van der Waals surface area (Å²) in [7, 11) is 0. The molecule has 3 heterocycles. The summed E-state index contributed by atoms with van der Waals surface area (Å²) in [4.78, 5) is 188. The van der Waals surface area contributed by atoms with Crippen molar-refractivity contribution in [2.24, 2.45) is 39.8 Å². The highest BCUT2D eigenvalue weighted by Crippen LogP contribution is 2.22. The van der Waals surface area contributed by atoms with E-state index in [0.29, 0.717) is 11.3 Å². The van der Waals surface area contributed by atoms with Crippen LogP contribution in [0.4, 0.5) is 0 Å². The van der Waals surface area contributed by atoms with Crippen LogP contribution in [0.2, 0.25) is 0 Å². The number of aliphatic carboxylic acids is 2. The van der Waals surface area contributed by atoms with Crippen molar-refractivity contribution >= 4 is 82.9 Å². The highest BCUT2D eigenvalue weighted by atomic mass is 16.4. The number of hydrogen-bond acceptors (Lipinski definition) is 19. The van der Waals surface area contributed by atoms with E-state index in [2.05, 4.69) is 57.5 Å². The summed E-state index contributed by atoms with van der Waals surface area (Å²) < 4.78 is 0. The molecule has 11 amide bonds. The molecular weight excluding hydrogens is 1220 g/mol. The number of imidazole rings is 1. The third-order valence-electron chi connectivity index (χ3n) is 15.2. The van der Waals surface area contributed by atoms with Crippen molar-refractivity contribution in [3.63, 3.8) is 0 Å². The van der Waals surface area contributed by atoms with Gasteiger partial charge in [0.15, 0.2) is 5.96 Å². The Balaban J connectivity index is 1.51. The number of carboxylic acids is 2. The molecule has 4 rings (SSSR count). The molecule has 35 heteroatoms. The number of aromatic hydroxyl groups is 1. The Bertz CT molecular complexity index is 2960. The van der Waals surface area contributed by atoms with Crippen LogP contribution < -0.4 is 65.5 Å². The van der Waals surface area contributed by atoms with Gasteiger partial charge in [-0.3, -0.25) is 62.5 Å². The van der Waals surface area contributed by atoms with Gasteiger partial charge in [0, 0.05) is 50.8 Å². The molecule has 0 radical (unpaired) electrons. The fourth-order valence-corrected chi connectivity index (χ4v) is 10.5. The Labute approximate surface area is 535 Å². The van der Waals surface area contributed by atoms with Crippen LogP contribution in [0.25, 0.3) is 0 Å². The molecule has 22 N–H and O–H groups in total. The maximum absolute atomic E-state index is 14.6. The van der Waals surface area contributed by atoms with Crippen LogP contribution >= 0.6 is 0 Å². The van der Waals surface area contributed by atoms with Crippen molar-refractivity contribution in [2.75, 3.05) is 32.8 Å². The van der Waals surface area contributed by atoms with Crippen LogP contribution in [0.3, 0.4) is 0 Å². The average Bonchev–Trinajstić information content (AvgIpc) is 2.00. The SMILES string of the molecule is CC(C)C[C@H](NC(=O)[C@H](CC(N)=O)NC(=O)[C@H](CCC(=O)O)NC(=O)[C@@H]1CCCN1C(=O)[C@H](Cc1cnc[nH]1)NC(=O)[C@H](CO)NC(=O)[C@@H]1CCCN1C(=O)[C@H](CO)NC(=O)[C@H](CCCN=C(N)N)NC(=O)[C@H](Cc1ccc(O)cc1)NC(=O)[C@@H](N)CC(C)C)C(=O)O. The number of likely N-dealkylation sites (tertiary alicyclic amines) is 2. The lowest BCUT2D eigenvalue weighted by molar-refractivity contribution is -0.144. The number of phenolic OH excluding ortho intramolecular Hbond substituents is 1. The van der Waals surface area contributed by atoms with E-state index in [-0.39, 0.29) is 107 Å². The average molecular weight is 1310 g/mol. The zero-order chi connectivity index (χ0) is 69.2. The second-order valence-corrected chi connectivity index (χ2v) is 23.6. The summed E-state index contributed by atoms with van der Waals surface area (Å²) in [6, 6.07) is -10.7. The second-order valence-electron chi connectivity index (χ2n) is 23.6. The third-order valence-corrected chi connectivity index (χ3v) is 15.2. The maximum Gasteiger partial charge on any atom is 0.326 e. The number of amides is 11. The van der Waals surface area contributed by atoms with Crippen LogP contribution in [0.5, 0.6) is 5.75 Å². The predicted molar refractivity (Wildman–Crippen MR) is 328 cm³/mol. The van der Waals surface area contributed by atoms with Gasteiger partial charge in [0.05, 0.1) is 32.0 Å². The summed E-state index contributed by atoms with van der Waals surface area (Å²) in [5.74, 6) is -14.0. The molecule has 35 nitrogen and oxygen atoms in total. The van der Waals surface area contributed by atoms with Crippen molar-refractivity contribution in [2.45, 2.75) is 178 Å². The first-order chi connectivity index (χ1) is 43.9. The Kier molecular flexibility index (Phi) is 30.3. The summed E-state index contributed by atoms with van der Waals surface area (Å²) in [6.45, 7) is 4.83. The normalized spacial score (nSPS) is 17.4. The number of aliphatic hydroxyl groups excluding tert-OH is 2. The lowest BCUT2D eigenvalue weighted by Gasteiger charge is -2.31. The van der Waals surface area contributed by atoms with E-state index in [1.54, 1.807) is 13.8 Å². The number of aromatic amines is 1. The van der Waals surface area contributed by atoms with Crippen molar-refractivity contribution in [1.82, 2.24) is 62.3 Å². The number of phenols is 1. The first kappa shape index (κ1) is 75.9. The van der Waals surface area contributed by atoms with Crippen molar-refractivity contribution < 1.29 is 87.9 Å². The molecule has 93 heavy (non-hydrogen) atoms. The molecule has 2 aromatic rings. The zero-order valence-electron chi connectivity index (χ0n) is 52.3. The fourth-order valence-electron chi connectivity index (χ4n) is 10.5. The van der Waals surface area contributed by atoms with Gasteiger partial charge >= 0.3 is 11.9 Å². The molecule has 0 spiro atoms. The van der Waals surface area contributed by atoms with Crippen LogP contribution in [0.1, 0.15) is 110 Å². The van der Waals surface area contributed by atoms with E-state index in [4.69, 9.17) is 22.9 Å². The topological polar surface area (TPSA) is 571 Å². The highest BCUT2D eigenvalue weighted by molar-refractivity contribution is 6.00. The number of benzene rings is 1. The number of guanidine groups is 1. The number of nitrogens with zero attached hydrogens (tertiary/aromatic N) is 4. The molecule has 514 valence electrons. The molecular formula is C58H89N17O18. The second kappa shape index (κ2) is 37.1. The van der Waals surface area contributed by atoms with Gasteiger partial charge in [-0.2, -0.15) is 0 Å². The van der Waals surface area contributed by atoms with Crippen molar-refractivity contribution in [3.8, 4) is 5.75 Å². The van der Waals surface area contributed by atoms with Gasteiger partial charge in [0.2, 0.25) is 65.0 Å². The van der Waals surface area contributed by atoms with Crippen LogP contribution in [0.15, 0.2) is 41.8 Å². The Hall–Kier alpha value is -9.51. The smallest absolute Gasteiger partial charge is 0.326 e. The van der Waals surface area contributed by atoms with E-state index in [1.165, 1.54) is 36.8 Å². The standard InChI is InChI=1S/C58H89N17O18/c1-29(2)20-34(59)47(82)68-37(22-31-11-13-33(78)14-12-31)50(85)66-35(8-5-17-64-58(61)62)48(83)73-42(27-77)56(91)75-19-7-10-44(75)54(89)72-41(26-76)52(87)70-39(23-32-25-63-28-65-32)55(90)74-18-6-9-43(74)53(88)67-36(15-16-46(80)81)49(84)69-38(24-45(60)79)51(86)71-40(57(92)93)21-30(3)4/h11-14,25,28-30,34-44,76-78H,5-10,15-24,26-27,59H2,1-4H3,(H2,60,79)(H,63,65)(H,66,85)(H,67,88)(H,68,82)(H,69,84)(H,70,87)(H,71,86)(H,72,89)(H,73,83)(H,80,81)(H,92,93)(H4,61,62,64)/t34-,35-,36-,37-,38-,39-,40-,41-,42-,43-,44-/m0/s1. The minimum Gasteiger partial charge on any atom is -0.508 e. The number of aliphatic imine (C=N–C) groups is 1. The Morgan fingerprint density at radius 2 is 1.09 bits per heavy atom. The first-order valence-corrected chi connectivity index (χ1v) is 30.5. The molecule has 2 aliphatic rings. The number of carboxylic acid groups (broad SMARTS) is 2. The summed E-state index contributed by atoms with van der Waals surface area (Å²) >= 11 is 0. The largest absolute Gasteiger partial charge is 0.508 e.